The molecule has 148 valence electrons. The number of hydrogen-bond donors (Lipinski definition) is 1. The number of nitrogens with zero attached hydrogens (tertiary/aromatic N) is 1. The first-order valence-electron chi connectivity index (χ1n) is 9.52. The molecular weight excluding hydrogens is 376 g/mol. The van der Waals surface area contributed by atoms with Gasteiger partial charge in [0.15, 0.2) is 0 Å². The highest BCUT2D eigenvalue weighted by molar-refractivity contribution is 7.92. The smallest absolute Gasteiger partial charge is 0.261 e. The summed E-state index contributed by atoms with van der Waals surface area (Å²) >= 11 is 0. The van der Waals surface area contributed by atoms with Crippen molar-refractivity contribution in [1.82, 2.24) is 0 Å². The van der Waals surface area contributed by atoms with Crippen LogP contribution in [0.1, 0.15) is 31.7 Å². The van der Waals surface area contributed by atoms with Crippen molar-refractivity contribution in [3.8, 4) is 5.75 Å². The van der Waals surface area contributed by atoms with Gasteiger partial charge in [0.1, 0.15) is 5.75 Å². The Bertz CT molecular complexity index is 1010. The summed E-state index contributed by atoms with van der Waals surface area (Å²) in [5, 5.41) is 0. The first-order valence-corrected chi connectivity index (χ1v) is 11.0. The Labute approximate surface area is 165 Å². The van der Waals surface area contributed by atoms with Gasteiger partial charge in [0.25, 0.3) is 10.0 Å². The van der Waals surface area contributed by atoms with Gasteiger partial charge in [0.2, 0.25) is 5.91 Å². The number of carbonyl (C=O) groups is 1. The second-order valence-electron chi connectivity index (χ2n) is 7.52. The molecule has 0 aromatic heterocycles. The highest BCUT2D eigenvalue weighted by Crippen LogP contribution is 2.38. The molecule has 1 fully saturated rings. The maximum Gasteiger partial charge on any atom is 0.261 e. The lowest BCUT2D eigenvalue weighted by atomic mass is 9.84. The lowest BCUT2D eigenvalue weighted by molar-refractivity contribution is -0.125. The molecule has 1 atom stereocenters. The van der Waals surface area contributed by atoms with E-state index in [4.69, 9.17) is 4.74 Å². The zero-order valence-electron chi connectivity index (χ0n) is 16.0. The molecule has 4 rings (SSSR count). The van der Waals surface area contributed by atoms with E-state index in [1.165, 1.54) is 7.11 Å². The van der Waals surface area contributed by atoms with E-state index in [2.05, 4.69) is 4.72 Å². The van der Waals surface area contributed by atoms with Crippen molar-refractivity contribution in [2.75, 3.05) is 16.7 Å². The molecule has 7 heteroatoms. The summed E-state index contributed by atoms with van der Waals surface area (Å²) in [7, 11) is -2.20. The average molecular weight is 401 g/mol. The van der Waals surface area contributed by atoms with Crippen LogP contribution in [-0.4, -0.2) is 27.5 Å². The van der Waals surface area contributed by atoms with Crippen molar-refractivity contribution in [1.29, 1.82) is 0 Å². The summed E-state index contributed by atoms with van der Waals surface area (Å²) in [5.74, 6) is 0.863. The minimum absolute atomic E-state index is 0.0485. The molecule has 2 aromatic carbocycles. The molecular formula is C21H24N2O4S. The summed E-state index contributed by atoms with van der Waals surface area (Å²) in [5.41, 5.74) is 2.17. The summed E-state index contributed by atoms with van der Waals surface area (Å²) in [6, 6.07) is 11.8. The van der Waals surface area contributed by atoms with Crippen LogP contribution >= 0.6 is 0 Å². The Morgan fingerprint density at radius 1 is 1.18 bits per heavy atom. The van der Waals surface area contributed by atoms with Crippen molar-refractivity contribution >= 4 is 27.3 Å². The van der Waals surface area contributed by atoms with Crippen LogP contribution in [0.3, 0.4) is 0 Å². The van der Waals surface area contributed by atoms with Gasteiger partial charge in [-0.05, 0) is 62.1 Å². The fourth-order valence-corrected chi connectivity index (χ4v) is 4.96. The van der Waals surface area contributed by atoms with E-state index in [-0.39, 0.29) is 22.8 Å². The van der Waals surface area contributed by atoms with Crippen LogP contribution in [0.15, 0.2) is 47.4 Å². The van der Waals surface area contributed by atoms with E-state index in [1.807, 2.05) is 11.8 Å². The largest absolute Gasteiger partial charge is 0.497 e. The molecule has 0 radical (unpaired) electrons. The quantitative estimate of drug-likeness (QED) is 0.832. The Hall–Kier alpha value is -2.54. The fraction of sp³-hybridized carbons (Fsp3) is 0.381. The van der Waals surface area contributed by atoms with E-state index in [0.29, 0.717) is 17.9 Å². The van der Waals surface area contributed by atoms with Gasteiger partial charge in [-0.2, -0.15) is 0 Å². The van der Waals surface area contributed by atoms with E-state index < -0.39 is 10.0 Å². The molecule has 0 saturated heterocycles. The topological polar surface area (TPSA) is 75.7 Å². The van der Waals surface area contributed by atoms with Gasteiger partial charge < -0.3 is 9.64 Å². The Morgan fingerprint density at radius 2 is 1.96 bits per heavy atom. The highest BCUT2D eigenvalue weighted by atomic mass is 32.2. The molecule has 6 nitrogen and oxygen atoms in total. The lowest BCUT2D eigenvalue weighted by Gasteiger charge is -2.32. The molecule has 1 heterocycles. The molecule has 2 aromatic rings. The Kier molecular flexibility index (Phi) is 4.79. The molecule has 1 aliphatic heterocycles. The third-order valence-corrected chi connectivity index (χ3v) is 6.97. The van der Waals surface area contributed by atoms with E-state index in [9.17, 15) is 13.2 Å². The SMILES string of the molecule is COc1cccc(NS(=O)(=O)c2ccc3c(c2)C[C@@H](C)N3C(=O)C2CCC2)c1. The zero-order chi connectivity index (χ0) is 19.9. The maximum absolute atomic E-state index is 12.8. The van der Waals surface area contributed by atoms with E-state index in [0.717, 1.165) is 30.5 Å². The molecule has 2 aliphatic rings. The molecule has 0 bridgehead atoms. The maximum atomic E-state index is 12.8. The number of amides is 1. The molecule has 1 N–H and O–H groups in total. The number of nitrogens with one attached hydrogen (secondary N) is 1. The average Bonchev–Trinajstić information content (AvgIpc) is 2.94. The van der Waals surface area contributed by atoms with Crippen LogP contribution in [0.5, 0.6) is 5.75 Å². The third kappa shape index (κ3) is 3.35. The Morgan fingerprint density at radius 3 is 2.64 bits per heavy atom. The van der Waals surface area contributed by atoms with Gasteiger partial charge >= 0.3 is 0 Å². The van der Waals surface area contributed by atoms with Gasteiger partial charge in [-0.3, -0.25) is 9.52 Å². The second kappa shape index (κ2) is 7.13. The van der Waals surface area contributed by atoms with Crippen molar-refractivity contribution in [3.05, 3.63) is 48.0 Å². The van der Waals surface area contributed by atoms with Crippen LogP contribution < -0.4 is 14.4 Å². The highest BCUT2D eigenvalue weighted by Gasteiger charge is 2.37. The normalized spacial score (nSPS) is 19.1. The third-order valence-electron chi connectivity index (χ3n) is 5.59. The fourth-order valence-electron chi connectivity index (χ4n) is 3.86. The number of methoxy groups -OCH3 is 1. The molecule has 28 heavy (non-hydrogen) atoms. The number of carbonyl (C=O) groups excluding carboxylic acids is 1. The summed E-state index contributed by atoms with van der Waals surface area (Å²) in [6.07, 6.45) is 3.68. The summed E-state index contributed by atoms with van der Waals surface area (Å²) in [6.45, 7) is 2.01. The van der Waals surface area contributed by atoms with E-state index in [1.54, 1.807) is 42.5 Å². The van der Waals surface area contributed by atoms with E-state index >= 15 is 0 Å². The number of rotatable bonds is 5. The van der Waals surface area contributed by atoms with Crippen LogP contribution in [0.25, 0.3) is 0 Å². The first kappa shape index (κ1) is 18.8. The number of sulfonamides is 1. The Balaban J connectivity index is 1.60. The second-order valence-corrected chi connectivity index (χ2v) is 9.20. The standard InChI is InChI=1S/C21H24N2O4S/c1-14-11-16-12-19(9-10-20(16)23(14)21(24)15-5-3-6-15)28(25,26)22-17-7-4-8-18(13-17)27-2/h4,7-10,12-15,22H,3,5-6,11H2,1-2H3/t14-/m1/s1. The monoisotopic (exact) mass is 400 g/mol. The minimum Gasteiger partial charge on any atom is -0.497 e. The predicted octanol–water partition coefficient (Wildman–Crippen LogP) is 3.57. The van der Waals surface area contributed by atoms with Gasteiger partial charge in [0, 0.05) is 23.7 Å². The number of benzene rings is 2. The van der Waals surface area contributed by atoms with Gasteiger partial charge in [-0.25, -0.2) is 8.42 Å². The molecule has 1 saturated carbocycles. The number of anilines is 2. The first-order chi connectivity index (χ1) is 13.4. The number of ether oxygens (including phenoxy) is 1. The van der Waals surface area contributed by atoms with Crippen molar-refractivity contribution in [2.24, 2.45) is 5.92 Å². The summed E-state index contributed by atoms with van der Waals surface area (Å²) < 4.78 is 33.4. The molecule has 1 amide bonds. The molecule has 1 aliphatic carbocycles. The van der Waals surface area contributed by atoms with Gasteiger partial charge in [-0.1, -0.05) is 12.5 Å². The van der Waals surface area contributed by atoms with Crippen molar-refractivity contribution in [3.63, 3.8) is 0 Å². The lowest BCUT2D eigenvalue weighted by Crippen LogP contribution is -2.42. The zero-order valence-corrected chi connectivity index (χ0v) is 16.8. The van der Waals surface area contributed by atoms with Crippen LogP contribution in [0, 0.1) is 5.92 Å². The predicted molar refractivity (Wildman–Crippen MR) is 108 cm³/mol. The van der Waals surface area contributed by atoms with Crippen LogP contribution in [-0.2, 0) is 21.2 Å². The van der Waals surface area contributed by atoms with Crippen molar-refractivity contribution < 1.29 is 17.9 Å². The van der Waals surface area contributed by atoms with Crippen molar-refractivity contribution in [2.45, 2.75) is 43.5 Å². The molecule has 0 spiro atoms. The van der Waals surface area contributed by atoms with Crippen LogP contribution in [0.4, 0.5) is 11.4 Å². The van der Waals surface area contributed by atoms with Gasteiger partial charge in [-0.15, -0.1) is 0 Å². The molecule has 0 unspecified atom stereocenters. The van der Waals surface area contributed by atoms with Gasteiger partial charge in [0.05, 0.1) is 17.7 Å². The minimum atomic E-state index is -3.73. The summed E-state index contributed by atoms with van der Waals surface area (Å²) in [4.78, 5) is 14.8. The number of hydrogen-bond acceptors (Lipinski definition) is 4. The van der Waals surface area contributed by atoms with Crippen LogP contribution in [0.2, 0.25) is 0 Å². The number of fused-ring (bicyclic) bond motifs is 1.